The van der Waals surface area contributed by atoms with E-state index in [1.54, 1.807) is 0 Å². The SMILES string of the molecule is COC(=O)c1cn(CCS(C)(=O)=O)nn1. The lowest BCUT2D eigenvalue weighted by molar-refractivity contribution is 0.0594. The highest BCUT2D eigenvalue weighted by Crippen LogP contribution is 1.96. The van der Waals surface area contributed by atoms with Crippen LogP contribution in [0.3, 0.4) is 0 Å². The molecule has 0 aliphatic carbocycles. The summed E-state index contributed by atoms with van der Waals surface area (Å²) < 4.78 is 27.4. The van der Waals surface area contributed by atoms with Crippen LogP contribution in [0.1, 0.15) is 10.5 Å². The van der Waals surface area contributed by atoms with Crippen LogP contribution in [-0.4, -0.2) is 48.5 Å². The maximum atomic E-state index is 11.0. The maximum absolute atomic E-state index is 11.0. The van der Waals surface area contributed by atoms with Crippen molar-refractivity contribution in [1.82, 2.24) is 15.0 Å². The van der Waals surface area contributed by atoms with Crippen LogP contribution in [0.15, 0.2) is 6.20 Å². The molecule has 0 atom stereocenters. The molecule has 0 radical (unpaired) electrons. The number of hydrogen-bond donors (Lipinski definition) is 0. The summed E-state index contributed by atoms with van der Waals surface area (Å²) in [6.07, 6.45) is 2.47. The molecule has 0 bridgehead atoms. The minimum Gasteiger partial charge on any atom is -0.464 e. The van der Waals surface area contributed by atoms with Gasteiger partial charge in [-0.25, -0.2) is 13.2 Å². The molecule has 1 heterocycles. The molecule has 15 heavy (non-hydrogen) atoms. The van der Waals surface area contributed by atoms with Gasteiger partial charge >= 0.3 is 5.97 Å². The molecule has 0 aliphatic rings. The third-order valence-corrected chi connectivity index (χ3v) is 2.55. The van der Waals surface area contributed by atoms with Gasteiger partial charge in [-0.2, -0.15) is 0 Å². The Balaban J connectivity index is 2.65. The van der Waals surface area contributed by atoms with Crippen molar-refractivity contribution in [2.24, 2.45) is 0 Å². The first-order valence-corrected chi connectivity index (χ1v) is 6.14. The first-order valence-electron chi connectivity index (χ1n) is 4.08. The van der Waals surface area contributed by atoms with Gasteiger partial charge in [0.25, 0.3) is 0 Å². The number of rotatable bonds is 4. The normalized spacial score (nSPS) is 11.3. The van der Waals surface area contributed by atoms with Crippen LogP contribution in [0, 0.1) is 0 Å². The average molecular weight is 233 g/mol. The fourth-order valence-corrected chi connectivity index (χ4v) is 1.38. The molecule has 0 saturated carbocycles. The number of hydrogen-bond acceptors (Lipinski definition) is 6. The molecule has 0 fully saturated rings. The van der Waals surface area contributed by atoms with E-state index < -0.39 is 15.8 Å². The van der Waals surface area contributed by atoms with Gasteiger partial charge in [0.2, 0.25) is 0 Å². The second-order valence-corrected chi connectivity index (χ2v) is 5.25. The van der Waals surface area contributed by atoms with Crippen molar-refractivity contribution in [2.75, 3.05) is 19.1 Å². The van der Waals surface area contributed by atoms with Gasteiger partial charge in [-0.1, -0.05) is 5.21 Å². The summed E-state index contributed by atoms with van der Waals surface area (Å²) in [5, 5.41) is 7.12. The van der Waals surface area contributed by atoms with E-state index >= 15 is 0 Å². The van der Waals surface area contributed by atoms with E-state index in [0.29, 0.717) is 0 Å². The molecular weight excluding hydrogens is 222 g/mol. The molecule has 0 N–H and O–H groups in total. The number of methoxy groups -OCH3 is 1. The molecule has 1 aromatic rings. The fraction of sp³-hybridized carbons (Fsp3) is 0.571. The van der Waals surface area contributed by atoms with E-state index in [-0.39, 0.29) is 18.0 Å². The van der Waals surface area contributed by atoms with Gasteiger partial charge in [-0.3, -0.25) is 4.68 Å². The number of nitrogens with zero attached hydrogens (tertiary/aromatic N) is 3. The summed E-state index contributed by atoms with van der Waals surface area (Å²) >= 11 is 0. The molecule has 84 valence electrons. The maximum Gasteiger partial charge on any atom is 0.360 e. The highest BCUT2D eigenvalue weighted by Gasteiger charge is 2.11. The molecule has 1 aromatic heterocycles. The zero-order chi connectivity index (χ0) is 11.5. The largest absolute Gasteiger partial charge is 0.464 e. The van der Waals surface area contributed by atoms with Gasteiger partial charge in [-0.15, -0.1) is 5.10 Å². The van der Waals surface area contributed by atoms with Crippen molar-refractivity contribution < 1.29 is 17.9 Å². The number of aryl methyl sites for hydroxylation is 1. The minimum absolute atomic E-state index is 0.0447. The van der Waals surface area contributed by atoms with Gasteiger partial charge in [0.05, 0.1) is 25.6 Å². The van der Waals surface area contributed by atoms with E-state index in [1.165, 1.54) is 18.0 Å². The quantitative estimate of drug-likeness (QED) is 0.626. The zero-order valence-electron chi connectivity index (χ0n) is 8.37. The van der Waals surface area contributed by atoms with Crippen LogP contribution < -0.4 is 0 Å². The van der Waals surface area contributed by atoms with Gasteiger partial charge in [0, 0.05) is 6.26 Å². The Morgan fingerprint density at radius 3 is 2.80 bits per heavy atom. The smallest absolute Gasteiger partial charge is 0.360 e. The number of sulfone groups is 1. The topological polar surface area (TPSA) is 91.2 Å². The van der Waals surface area contributed by atoms with Gasteiger partial charge in [0.1, 0.15) is 9.84 Å². The van der Waals surface area contributed by atoms with Crippen LogP contribution in [0.25, 0.3) is 0 Å². The molecule has 0 amide bonds. The van der Waals surface area contributed by atoms with E-state index in [0.717, 1.165) is 6.26 Å². The van der Waals surface area contributed by atoms with Gasteiger partial charge < -0.3 is 4.74 Å². The van der Waals surface area contributed by atoms with Gasteiger partial charge in [-0.05, 0) is 0 Å². The predicted octanol–water partition coefficient (Wildman–Crippen LogP) is -0.891. The summed E-state index contributed by atoms with van der Waals surface area (Å²) in [6, 6.07) is 0. The molecule has 0 aliphatic heterocycles. The summed E-state index contributed by atoms with van der Waals surface area (Å²) in [6.45, 7) is 0.169. The van der Waals surface area contributed by atoms with Crippen molar-refractivity contribution in [2.45, 2.75) is 6.54 Å². The molecule has 1 rings (SSSR count). The molecule has 0 aromatic carbocycles. The molecule has 0 spiro atoms. The van der Waals surface area contributed by atoms with Crippen LogP contribution >= 0.6 is 0 Å². The third-order valence-electron chi connectivity index (χ3n) is 1.62. The Morgan fingerprint density at radius 2 is 2.27 bits per heavy atom. The number of aromatic nitrogens is 3. The van der Waals surface area contributed by atoms with Crippen molar-refractivity contribution >= 4 is 15.8 Å². The Kier molecular flexibility index (Phi) is 3.40. The summed E-state index contributed by atoms with van der Waals surface area (Å²) in [7, 11) is -1.81. The summed E-state index contributed by atoms with van der Waals surface area (Å²) in [5.74, 6) is -0.641. The first kappa shape index (κ1) is 11.6. The van der Waals surface area contributed by atoms with Crippen LogP contribution in [0.4, 0.5) is 0 Å². The van der Waals surface area contributed by atoms with E-state index in [1.807, 2.05) is 0 Å². The third kappa shape index (κ3) is 3.66. The van der Waals surface area contributed by atoms with Crippen molar-refractivity contribution in [3.8, 4) is 0 Å². The lowest BCUT2D eigenvalue weighted by Gasteiger charge is -1.97. The van der Waals surface area contributed by atoms with Crippen molar-refractivity contribution in [3.63, 3.8) is 0 Å². The fourth-order valence-electron chi connectivity index (χ4n) is 0.865. The van der Waals surface area contributed by atoms with Crippen molar-refractivity contribution in [3.05, 3.63) is 11.9 Å². The standard InChI is InChI=1S/C7H11N3O4S/c1-14-7(11)6-5-10(9-8-6)3-4-15(2,12)13/h5H,3-4H2,1-2H3. The van der Waals surface area contributed by atoms with Crippen LogP contribution in [0.5, 0.6) is 0 Å². The Labute approximate surface area is 87.0 Å². The average Bonchev–Trinajstić information content (AvgIpc) is 2.61. The monoisotopic (exact) mass is 233 g/mol. The minimum atomic E-state index is -3.04. The highest BCUT2D eigenvalue weighted by molar-refractivity contribution is 7.90. The predicted molar refractivity (Wildman–Crippen MR) is 51.1 cm³/mol. The lowest BCUT2D eigenvalue weighted by atomic mass is 10.5. The number of carbonyl (C=O) groups excluding carboxylic acids is 1. The first-order chi connectivity index (χ1) is 6.92. The Morgan fingerprint density at radius 1 is 1.60 bits per heavy atom. The molecular formula is C7H11N3O4S. The molecule has 0 unspecified atom stereocenters. The van der Waals surface area contributed by atoms with Crippen LogP contribution in [0.2, 0.25) is 0 Å². The second-order valence-electron chi connectivity index (χ2n) is 2.99. The van der Waals surface area contributed by atoms with E-state index in [2.05, 4.69) is 15.0 Å². The molecule has 7 nitrogen and oxygen atoms in total. The van der Waals surface area contributed by atoms with Crippen molar-refractivity contribution in [1.29, 1.82) is 0 Å². The van der Waals surface area contributed by atoms with Crippen LogP contribution in [-0.2, 0) is 21.1 Å². The Bertz CT molecular complexity index is 451. The van der Waals surface area contributed by atoms with Gasteiger partial charge in [0.15, 0.2) is 5.69 Å². The zero-order valence-corrected chi connectivity index (χ0v) is 9.19. The number of esters is 1. The number of ether oxygens (including phenoxy) is 1. The molecule has 8 heteroatoms. The van der Waals surface area contributed by atoms with E-state index in [9.17, 15) is 13.2 Å². The number of carbonyl (C=O) groups is 1. The summed E-state index contributed by atoms with van der Waals surface area (Å²) in [5.41, 5.74) is 0.0611. The van der Waals surface area contributed by atoms with E-state index in [4.69, 9.17) is 0 Å². The lowest BCUT2D eigenvalue weighted by Crippen LogP contribution is -2.11. The second kappa shape index (κ2) is 4.39. The summed E-state index contributed by atoms with van der Waals surface area (Å²) in [4.78, 5) is 11.0. The Hall–Kier alpha value is -1.44. The molecule has 0 saturated heterocycles. The highest BCUT2D eigenvalue weighted by atomic mass is 32.2.